The third-order valence-electron chi connectivity index (χ3n) is 6.04. The maximum atomic E-state index is 14.8. The van der Waals surface area contributed by atoms with Gasteiger partial charge in [-0.15, -0.1) is 0 Å². The van der Waals surface area contributed by atoms with Crippen LogP contribution in [0.1, 0.15) is 58.3 Å². The van der Waals surface area contributed by atoms with E-state index in [2.05, 4.69) is 0 Å². The summed E-state index contributed by atoms with van der Waals surface area (Å²) in [6, 6.07) is 11.5. The van der Waals surface area contributed by atoms with Gasteiger partial charge >= 0.3 is 5.63 Å². The van der Waals surface area contributed by atoms with Crippen molar-refractivity contribution in [2.75, 3.05) is 0 Å². The average Bonchev–Trinajstić information content (AvgIpc) is 2.89. The number of ether oxygens (including phenoxy) is 2. The molecule has 1 atom stereocenters. The molecule has 1 saturated heterocycles. The minimum Gasteiger partial charge on any atom is -0.424 e. The standard InChI is InChI=1S/C24H25FO5/c1-13(26)20-19(15-8-6-7-9-16(15)21(27)28-20)14-10-11-18(25)17(12-14)22-29-23(2,3)24(4,5)30-22/h6-13,22,26H,1-5H3. The number of benzene rings is 2. The average molecular weight is 412 g/mol. The van der Waals surface area contributed by atoms with Crippen LogP contribution in [-0.4, -0.2) is 16.3 Å². The van der Waals surface area contributed by atoms with Crippen LogP contribution in [0, 0.1) is 5.82 Å². The van der Waals surface area contributed by atoms with Gasteiger partial charge in [0.05, 0.1) is 16.6 Å². The first-order valence-corrected chi connectivity index (χ1v) is 9.91. The van der Waals surface area contributed by atoms with E-state index in [-0.39, 0.29) is 11.3 Å². The molecule has 1 aromatic heterocycles. The summed E-state index contributed by atoms with van der Waals surface area (Å²) in [6.45, 7) is 9.13. The van der Waals surface area contributed by atoms with Gasteiger partial charge in [0.2, 0.25) is 0 Å². The highest BCUT2D eigenvalue weighted by Crippen LogP contribution is 2.46. The highest BCUT2D eigenvalue weighted by atomic mass is 19.1. The molecule has 2 aromatic carbocycles. The van der Waals surface area contributed by atoms with Gasteiger partial charge in [-0.2, -0.15) is 0 Å². The number of hydrogen-bond donors (Lipinski definition) is 1. The fourth-order valence-corrected chi connectivity index (χ4v) is 3.66. The van der Waals surface area contributed by atoms with Gasteiger partial charge in [0.15, 0.2) is 6.29 Å². The molecule has 6 heteroatoms. The van der Waals surface area contributed by atoms with Crippen molar-refractivity contribution in [2.24, 2.45) is 0 Å². The third kappa shape index (κ3) is 3.25. The molecule has 30 heavy (non-hydrogen) atoms. The van der Waals surface area contributed by atoms with E-state index in [1.54, 1.807) is 36.4 Å². The van der Waals surface area contributed by atoms with Crippen LogP contribution in [0.5, 0.6) is 0 Å². The van der Waals surface area contributed by atoms with Gasteiger partial charge in [-0.1, -0.05) is 24.3 Å². The summed E-state index contributed by atoms with van der Waals surface area (Å²) in [7, 11) is 0. The van der Waals surface area contributed by atoms with E-state index < -0.39 is 35.0 Å². The first-order chi connectivity index (χ1) is 14.0. The minimum atomic E-state index is -1.03. The summed E-state index contributed by atoms with van der Waals surface area (Å²) in [5.74, 6) is -0.331. The first kappa shape index (κ1) is 20.7. The summed E-state index contributed by atoms with van der Waals surface area (Å²) in [5, 5.41) is 11.3. The molecule has 1 N–H and O–H groups in total. The van der Waals surface area contributed by atoms with Crippen molar-refractivity contribution < 1.29 is 23.4 Å². The number of aliphatic hydroxyl groups excluding tert-OH is 1. The van der Waals surface area contributed by atoms with Gasteiger partial charge in [-0.25, -0.2) is 9.18 Å². The van der Waals surface area contributed by atoms with Crippen LogP contribution < -0.4 is 5.63 Å². The zero-order valence-corrected chi connectivity index (χ0v) is 17.7. The normalized spacial score (nSPS) is 19.3. The Hall–Kier alpha value is -2.54. The summed E-state index contributed by atoms with van der Waals surface area (Å²) < 4.78 is 32.3. The molecule has 0 radical (unpaired) electrons. The van der Waals surface area contributed by atoms with Crippen LogP contribution in [0.3, 0.4) is 0 Å². The van der Waals surface area contributed by atoms with Crippen molar-refractivity contribution in [3.63, 3.8) is 0 Å². The van der Waals surface area contributed by atoms with Crippen LogP contribution in [-0.2, 0) is 9.47 Å². The first-order valence-electron chi connectivity index (χ1n) is 9.91. The molecule has 4 rings (SSSR count). The predicted octanol–water partition coefficient (Wildman–Crippen LogP) is 5.26. The zero-order valence-electron chi connectivity index (χ0n) is 17.7. The molecule has 0 aliphatic carbocycles. The Kier molecular flexibility index (Phi) is 4.84. The van der Waals surface area contributed by atoms with Crippen molar-refractivity contribution in [2.45, 2.75) is 58.2 Å². The highest BCUT2D eigenvalue weighted by Gasteiger charge is 2.50. The lowest BCUT2D eigenvalue weighted by atomic mass is 9.90. The van der Waals surface area contributed by atoms with Crippen LogP contribution in [0.25, 0.3) is 21.9 Å². The van der Waals surface area contributed by atoms with E-state index in [0.29, 0.717) is 21.9 Å². The number of fused-ring (bicyclic) bond motifs is 1. The van der Waals surface area contributed by atoms with Crippen molar-refractivity contribution >= 4 is 10.8 Å². The Morgan fingerprint density at radius 2 is 1.60 bits per heavy atom. The number of hydrogen-bond acceptors (Lipinski definition) is 5. The fourth-order valence-electron chi connectivity index (χ4n) is 3.66. The van der Waals surface area contributed by atoms with Crippen molar-refractivity contribution in [3.05, 3.63) is 70.0 Å². The van der Waals surface area contributed by atoms with Gasteiger partial charge in [0, 0.05) is 16.5 Å². The highest BCUT2D eigenvalue weighted by molar-refractivity contribution is 5.96. The van der Waals surface area contributed by atoms with E-state index in [0.717, 1.165) is 0 Å². The molecule has 5 nitrogen and oxygen atoms in total. The van der Waals surface area contributed by atoms with Gasteiger partial charge in [0.1, 0.15) is 17.7 Å². The number of aliphatic hydroxyl groups is 1. The number of halogens is 1. The molecule has 2 heterocycles. The van der Waals surface area contributed by atoms with E-state index in [4.69, 9.17) is 13.9 Å². The molecule has 0 amide bonds. The molecule has 1 unspecified atom stereocenters. The maximum absolute atomic E-state index is 14.8. The second-order valence-corrected chi connectivity index (χ2v) is 8.67. The zero-order chi connectivity index (χ0) is 21.8. The van der Waals surface area contributed by atoms with Crippen molar-refractivity contribution in [1.29, 1.82) is 0 Å². The molecular formula is C24H25FO5. The summed E-state index contributed by atoms with van der Waals surface area (Å²) in [6.07, 6.45) is -1.91. The minimum absolute atomic E-state index is 0.130. The Bertz CT molecular complexity index is 1160. The summed E-state index contributed by atoms with van der Waals surface area (Å²) >= 11 is 0. The quantitative estimate of drug-likeness (QED) is 0.636. The van der Waals surface area contributed by atoms with Gasteiger partial charge in [0.25, 0.3) is 0 Å². The molecule has 0 saturated carbocycles. The van der Waals surface area contributed by atoms with Gasteiger partial charge < -0.3 is 19.0 Å². The number of rotatable bonds is 3. The fraction of sp³-hybridized carbons (Fsp3) is 0.375. The molecule has 158 valence electrons. The smallest absolute Gasteiger partial charge is 0.343 e. The van der Waals surface area contributed by atoms with Crippen LogP contribution in [0.2, 0.25) is 0 Å². The van der Waals surface area contributed by atoms with Gasteiger partial charge in [-0.3, -0.25) is 0 Å². The lowest BCUT2D eigenvalue weighted by Crippen LogP contribution is -2.41. The van der Waals surface area contributed by atoms with E-state index in [1.165, 1.54) is 13.0 Å². The molecule has 1 fully saturated rings. The van der Waals surface area contributed by atoms with Gasteiger partial charge in [-0.05, 0) is 58.4 Å². The lowest BCUT2D eigenvalue weighted by molar-refractivity contribution is -0.0914. The Morgan fingerprint density at radius 1 is 1.00 bits per heavy atom. The van der Waals surface area contributed by atoms with E-state index in [1.807, 2.05) is 27.7 Å². The monoisotopic (exact) mass is 412 g/mol. The Morgan fingerprint density at radius 3 is 2.20 bits per heavy atom. The molecule has 3 aromatic rings. The largest absolute Gasteiger partial charge is 0.424 e. The molecule has 0 bridgehead atoms. The van der Waals surface area contributed by atoms with Crippen LogP contribution >= 0.6 is 0 Å². The maximum Gasteiger partial charge on any atom is 0.343 e. The van der Waals surface area contributed by atoms with E-state index in [9.17, 15) is 14.3 Å². The van der Waals surface area contributed by atoms with Crippen LogP contribution in [0.4, 0.5) is 4.39 Å². The topological polar surface area (TPSA) is 68.9 Å². The molecule has 1 aliphatic heterocycles. The molecule has 0 spiro atoms. The Labute approximate surface area is 174 Å². The van der Waals surface area contributed by atoms with Crippen molar-refractivity contribution in [1.82, 2.24) is 0 Å². The summed E-state index contributed by atoms with van der Waals surface area (Å²) in [5.41, 5.74) is -0.375. The molecule has 1 aliphatic rings. The predicted molar refractivity (Wildman–Crippen MR) is 112 cm³/mol. The SMILES string of the molecule is CC(O)c1oc(=O)c2ccccc2c1-c1ccc(F)c(C2OC(C)(C)C(C)(C)O2)c1. The Balaban J connectivity index is 1.93. The second kappa shape index (κ2) is 7.01. The molecular weight excluding hydrogens is 387 g/mol. The summed E-state index contributed by atoms with van der Waals surface area (Å²) in [4.78, 5) is 12.4. The van der Waals surface area contributed by atoms with Crippen LogP contribution in [0.15, 0.2) is 51.7 Å². The third-order valence-corrected chi connectivity index (χ3v) is 6.04. The van der Waals surface area contributed by atoms with Crippen molar-refractivity contribution in [3.8, 4) is 11.1 Å². The lowest BCUT2D eigenvalue weighted by Gasteiger charge is -2.30. The van der Waals surface area contributed by atoms with E-state index >= 15 is 0 Å². The second-order valence-electron chi connectivity index (χ2n) is 8.67.